The third-order valence-corrected chi connectivity index (χ3v) is 4.88. The molecule has 0 fully saturated rings. The Bertz CT molecular complexity index is 1250. The predicted octanol–water partition coefficient (Wildman–Crippen LogP) is 6.51. The van der Waals surface area contributed by atoms with Gasteiger partial charge in [0.2, 0.25) is 0 Å². The topological polar surface area (TPSA) is 23.8 Å². The molecule has 0 aliphatic rings. The van der Waals surface area contributed by atoms with E-state index < -0.39 is 17.5 Å². The van der Waals surface area contributed by atoms with E-state index in [1.807, 2.05) is 25.1 Å². The summed E-state index contributed by atoms with van der Waals surface area (Å²) in [5.41, 5.74) is 0.741. The van der Waals surface area contributed by atoms with E-state index in [0.717, 1.165) is 28.8 Å². The summed E-state index contributed by atoms with van der Waals surface area (Å²) in [6.07, 6.45) is 0.875. The number of fused-ring (bicyclic) bond motifs is 3. The molecule has 0 bridgehead atoms. The standard InChI is InChI=1S/C23H14F3N/c1-2-13-3-7-17-14(9-13)6-8-18-19(17)11-21(25)22(23(18)26)15-4-5-16(12-27)20(24)10-15/h3-11H,2H2,1H3. The van der Waals surface area contributed by atoms with Crippen molar-refractivity contribution in [1.29, 1.82) is 5.26 Å². The Balaban J connectivity index is 2.00. The SMILES string of the molecule is CCc1ccc2c(ccc3c(F)c(-c4ccc(C#N)c(F)c4)c(F)cc32)c1. The van der Waals surface area contributed by atoms with E-state index in [-0.39, 0.29) is 22.1 Å². The summed E-state index contributed by atoms with van der Waals surface area (Å²) in [6.45, 7) is 2.05. The monoisotopic (exact) mass is 361 g/mol. The van der Waals surface area contributed by atoms with Gasteiger partial charge >= 0.3 is 0 Å². The first-order valence-electron chi connectivity index (χ1n) is 8.57. The van der Waals surface area contributed by atoms with E-state index in [1.165, 1.54) is 18.2 Å². The van der Waals surface area contributed by atoms with Crippen LogP contribution in [0.25, 0.3) is 32.7 Å². The molecule has 0 unspecified atom stereocenters. The number of hydrogen-bond acceptors (Lipinski definition) is 1. The third-order valence-electron chi connectivity index (χ3n) is 4.88. The number of halogens is 3. The fraction of sp³-hybridized carbons (Fsp3) is 0.0870. The maximum absolute atomic E-state index is 15.2. The summed E-state index contributed by atoms with van der Waals surface area (Å²) in [7, 11) is 0. The molecule has 0 N–H and O–H groups in total. The average Bonchev–Trinajstić information content (AvgIpc) is 2.67. The van der Waals surface area contributed by atoms with Crippen molar-refractivity contribution in [3.05, 3.63) is 83.2 Å². The highest BCUT2D eigenvalue weighted by molar-refractivity contribution is 6.09. The van der Waals surface area contributed by atoms with Gasteiger partial charge in [-0.2, -0.15) is 5.26 Å². The van der Waals surface area contributed by atoms with Crippen LogP contribution in [-0.2, 0) is 6.42 Å². The van der Waals surface area contributed by atoms with Gasteiger partial charge in [0.25, 0.3) is 0 Å². The number of hydrogen-bond donors (Lipinski definition) is 0. The maximum atomic E-state index is 15.2. The zero-order valence-corrected chi connectivity index (χ0v) is 14.5. The number of nitrogens with zero attached hydrogens (tertiary/aromatic N) is 1. The lowest BCUT2D eigenvalue weighted by atomic mass is 9.94. The molecular formula is C23H14F3N. The van der Waals surface area contributed by atoms with Crippen molar-refractivity contribution in [2.45, 2.75) is 13.3 Å². The summed E-state index contributed by atoms with van der Waals surface area (Å²) in [4.78, 5) is 0. The Labute approximate surface area is 154 Å². The minimum atomic E-state index is -0.806. The molecule has 4 rings (SSSR count). The second-order valence-electron chi connectivity index (χ2n) is 6.42. The lowest BCUT2D eigenvalue weighted by Crippen LogP contribution is -1.95. The van der Waals surface area contributed by atoms with Crippen molar-refractivity contribution in [2.24, 2.45) is 0 Å². The zero-order chi connectivity index (χ0) is 19.1. The Kier molecular flexibility index (Phi) is 4.08. The van der Waals surface area contributed by atoms with Gasteiger partial charge in [-0.15, -0.1) is 0 Å². The van der Waals surface area contributed by atoms with E-state index in [9.17, 15) is 8.78 Å². The van der Waals surface area contributed by atoms with Crippen LogP contribution in [0.3, 0.4) is 0 Å². The van der Waals surface area contributed by atoms with Crippen molar-refractivity contribution in [1.82, 2.24) is 0 Å². The second kappa shape index (κ2) is 6.44. The number of benzene rings is 4. The first-order valence-corrected chi connectivity index (χ1v) is 8.57. The number of rotatable bonds is 2. The van der Waals surface area contributed by atoms with Crippen molar-refractivity contribution in [2.75, 3.05) is 0 Å². The molecule has 0 saturated carbocycles. The van der Waals surface area contributed by atoms with Crippen LogP contribution < -0.4 is 0 Å². The van der Waals surface area contributed by atoms with Crippen LogP contribution in [0.1, 0.15) is 18.1 Å². The molecule has 1 nitrogen and oxygen atoms in total. The normalized spacial score (nSPS) is 11.1. The molecule has 4 aromatic carbocycles. The van der Waals surface area contributed by atoms with Gasteiger partial charge in [-0.3, -0.25) is 0 Å². The summed E-state index contributed by atoms with van der Waals surface area (Å²) < 4.78 is 43.9. The van der Waals surface area contributed by atoms with Gasteiger partial charge in [-0.25, -0.2) is 13.2 Å². The summed E-state index contributed by atoms with van der Waals surface area (Å²) in [5, 5.41) is 11.3. The van der Waals surface area contributed by atoms with Crippen molar-refractivity contribution < 1.29 is 13.2 Å². The van der Waals surface area contributed by atoms with Gasteiger partial charge in [-0.1, -0.05) is 43.3 Å². The molecule has 0 heterocycles. The number of aryl methyl sites for hydroxylation is 1. The van der Waals surface area contributed by atoms with Gasteiger partial charge in [0.1, 0.15) is 23.5 Å². The molecule has 0 aliphatic heterocycles. The van der Waals surface area contributed by atoms with Crippen LogP contribution in [0.15, 0.2) is 54.6 Å². The molecule has 4 heteroatoms. The minimum Gasteiger partial charge on any atom is -0.206 e. The van der Waals surface area contributed by atoms with Crippen molar-refractivity contribution in [3.8, 4) is 17.2 Å². The van der Waals surface area contributed by atoms with Crippen LogP contribution >= 0.6 is 0 Å². The lowest BCUT2D eigenvalue weighted by Gasteiger charge is -2.12. The molecule has 27 heavy (non-hydrogen) atoms. The molecule has 0 radical (unpaired) electrons. The molecule has 0 aliphatic carbocycles. The van der Waals surface area contributed by atoms with Crippen LogP contribution in [-0.4, -0.2) is 0 Å². The summed E-state index contributed by atoms with van der Waals surface area (Å²) >= 11 is 0. The van der Waals surface area contributed by atoms with Gasteiger partial charge in [0.05, 0.1) is 11.1 Å². The molecule has 0 atom stereocenters. The highest BCUT2D eigenvalue weighted by Crippen LogP contribution is 2.36. The largest absolute Gasteiger partial charge is 0.206 e. The van der Waals surface area contributed by atoms with E-state index in [1.54, 1.807) is 18.2 Å². The lowest BCUT2D eigenvalue weighted by molar-refractivity contribution is 0.597. The van der Waals surface area contributed by atoms with Gasteiger partial charge in [0, 0.05) is 5.39 Å². The maximum Gasteiger partial charge on any atom is 0.141 e. The summed E-state index contributed by atoms with van der Waals surface area (Å²) in [6, 6.07) is 15.8. The van der Waals surface area contributed by atoms with Crippen LogP contribution in [0.2, 0.25) is 0 Å². The average molecular weight is 361 g/mol. The van der Waals surface area contributed by atoms with Crippen molar-refractivity contribution in [3.63, 3.8) is 0 Å². The predicted molar refractivity (Wildman–Crippen MR) is 101 cm³/mol. The fourth-order valence-corrected chi connectivity index (χ4v) is 3.43. The minimum absolute atomic E-state index is 0.0600. The Hall–Kier alpha value is -3.32. The Morgan fingerprint density at radius 2 is 1.59 bits per heavy atom. The molecule has 132 valence electrons. The fourth-order valence-electron chi connectivity index (χ4n) is 3.43. The van der Waals surface area contributed by atoms with Gasteiger partial charge in [0.15, 0.2) is 0 Å². The molecular weight excluding hydrogens is 347 g/mol. The molecule has 0 saturated heterocycles. The zero-order valence-electron chi connectivity index (χ0n) is 14.5. The highest BCUT2D eigenvalue weighted by Gasteiger charge is 2.18. The Morgan fingerprint density at radius 3 is 2.30 bits per heavy atom. The molecule has 0 amide bonds. The van der Waals surface area contributed by atoms with Crippen LogP contribution in [0.5, 0.6) is 0 Å². The highest BCUT2D eigenvalue weighted by atomic mass is 19.1. The van der Waals surface area contributed by atoms with Gasteiger partial charge < -0.3 is 0 Å². The molecule has 4 aromatic rings. The first kappa shape index (κ1) is 17.1. The smallest absolute Gasteiger partial charge is 0.141 e. The van der Waals surface area contributed by atoms with Gasteiger partial charge in [-0.05, 0) is 51.9 Å². The van der Waals surface area contributed by atoms with Crippen LogP contribution in [0.4, 0.5) is 13.2 Å². The second-order valence-corrected chi connectivity index (χ2v) is 6.42. The van der Waals surface area contributed by atoms with E-state index in [2.05, 4.69) is 0 Å². The van der Waals surface area contributed by atoms with Crippen molar-refractivity contribution >= 4 is 21.5 Å². The van der Waals surface area contributed by atoms with E-state index in [4.69, 9.17) is 5.26 Å². The molecule has 0 spiro atoms. The third kappa shape index (κ3) is 2.72. The quantitative estimate of drug-likeness (QED) is 0.373. The summed E-state index contributed by atoms with van der Waals surface area (Å²) in [5.74, 6) is -2.31. The van der Waals surface area contributed by atoms with Crippen LogP contribution in [0, 0.1) is 28.8 Å². The molecule has 0 aromatic heterocycles. The van der Waals surface area contributed by atoms with E-state index in [0.29, 0.717) is 5.39 Å². The first-order chi connectivity index (χ1) is 13.0. The number of nitriles is 1. The Morgan fingerprint density at radius 1 is 0.815 bits per heavy atom. The van der Waals surface area contributed by atoms with E-state index >= 15 is 4.39 Å².